The van der Waals surface area contributed by atoms with Gasteiger partial charge in [-0.25, -0.2) is 4.79 Å². The lowest BCUT2D eigenvalue weighted by molar-refractivity contribution is 0.215. The van der Waals surface area contributed by atoms with E-state index in [2.05, 4.69) is 5.32 Å². The summed E-state index contributed by atoms with van der Waals surface area (Å²) < 4.78 is 5.06. The largest absolute Gasteiger partial charge is 0.417 e. The minimum absolute atomic E-state index is 0.211. The highest BCUT2D eigenvalue weighted by Crippen LogP contribution is 2.31. The van der Waals surface area contributed by atoms with E-state index in [0.717, 1.165) is 0 Å². The van der Waals surface area contributed by atoms with Gasteiger partial charge < -0.3 is 4.74 Å². The molecule has 2 aromatic carbocycles. The van der Waals surface area contributed by atoms with E-state index in [9.17, 15) is 4.79 Å². The predicted molar refractivity (Wildman–Crippen MR) is 72.6 cm³/mol. The molecule has 0 atom stereocenters. The van der Waals surface area contributed by atoms with Crippen LogP contribution in [0.3, 0.4) is 0 Å². The molecule has 0 aliphatic heterocycles. The molecule has 0 saturated heterocycles. The number of halogens is 2. The van der Waals surface area contributed by atoms with Gasteiger partial charge in [0.05, 0.1) is 5.02 Å². The average Bonchev–Trinajstić information content (AvgIpc) is 2.36. The minimum Gasteiger partial charge on any atom is -0.408 e. The number of ether oxygens (including phenoxy) is 1. The zero-order valence-electron chi connectivity index (χ0n) is 9.19. The fourth-order valence-electron chi connectivity index (χ4n) is 1.33. The Hall–Kier alpha value is -1.71. The second-order valence-corrected chi connectivity index (χ2v) is 4.22. The molecular weight excluding hydrogens is 273 g/mol. The van der Waals surface area contributed by atoms with Crippen molar-refractivity contribution in [2.24, 2.45) is 0 Å². The van der Waals surface area contributed by atoms with Gasteiger partial charge in [0.15, 0.2) is 5.75 Å². The number of hydrogen-bond acceptors (Lipinski definition) is 2. The van der Waals surface area contributed by atoms with Gasteiger partial charge in [0.1, 0.15) is 5.02 Å². The smallest absolute Gasteiger partial charge is 0.408 e. The van der Waals surface area contributed by atoms with Crippen LogP contribution in [0, 0.1) is 0 Å². The third kappa shape index (κ3) is 3.15. The van der Waals surface area contributed by atoms with E-state index in [-0.39, 0.29) is 10.8 Å². The van der Waals surface area contributed by atoms with Crippen LogP contribution < -0.4 is 10.1 Å². The van der Waals surface area contributed by atoms with Gasteiger partial charge in [-0.1, -0.05) is 47.5 Å². The molecule has 0 aliphatic carbocycles. The summed E-state index contributed by atoms with van der Waals surface area (Å²) in [5, 5.41) is 3.12. The van der Waals surface area contributed by atoms with E-state index in [4.69, 9.17) is 27.9 Å². The molecule has 18 heavy (non-hydrogen) atoms. The zero-order valence-corrected chi connectivity index (χ0v) is 10.7. The summed E-state index contributed by atoms with van der Waals surface area (Å²) in [7, 11) is 0. The molecule has 0 fully saturated rings. The van der Waals surface area contributed by atoms with Crippen LogP contribution in [0.2, 0.25) is 10.0 Å². The first-order valence-electron chi connectivity index (χ1n) is 5.15. The maximum absolute atomic E-state index is 11.6. The van der Waals surface area contributed by atoms with Crippen LogP contribution in [0.15, 0.2) is 48.5 Å². The fraction of sp³-hybridized carbons (Fsp3) is 0. The Kier molecular flexibility index (Phi) is 4.07. The lowest BCUT2D eigenvalue weighted by atomic mass is 10.3. The van der Waals surface area contributed by atoms with Gasteiger partial charge in [-0.3, -0.25) is 5.32 Å². The molecule has 0 spiro atoms. The van der Waals surface area contributed by atoms with Crippen molar-refractivity contribution in [3.8, 4) is 5.75 Å². The number of hydrogen-bond donors (Lipinski definition) is 1. The Morgan fingerprint density at radius 1 is 1.00 bits per heavy atom. The van der Waals surface area contributed by atoms with Gasteiger partial charge in [-0.15, -0.1) is 0 Å². The molecule has 5 heteroatoms. The van der Waals surface area contributed by atoms with Gasteiger partial charge in [0.25, 0.3) is 0 Å². The van der Waals surface area contributed by atoms with E-state index in [1.165, 1.54) is 0 Å². The Labute approximate surface area is 114 Å². The lowest BCUT2D eigenvalue weighted by Crippen LogP contribution is -2.16. The molecule has 0 unspecified atom stereocenters. The Morgan fingerprint density at radius 3 is 2.44 bits per heavy atom. The molecule has 2 aromatic rings. The first-order valence-corrected chi connectivity index (χ1v) is 5.90. The van der Waals surface area contributed by atoms with Crippen LogP contribution in [-0.2, 0) is 0 Å². The number of nitrogens with one attached hydrogen (secondary N) is 1. The molecule has 3 nitrogen and oxygen atoms in total. The number of amides is 1. The average molecular weight is 282 g/mol. The highest BCUT2D eigenvalue weighted by molar-refractivity contribution is 6.43. The second-order valence-electron chi connectivity index (χ2n) is 3.43. The molecule has 0 aromatic heterocycles. The zero-order chi connectivity index (χ0) is 13.0. The molecule has 0 heterocycles. The number of anilines is 1. The third-order valence-electron chi connectivity index (χ3n) is 2.14. The quantitative estimate of drug-likeness (QED) is 0.873. The van der Waals surface area contributed by atoms with Crippen molar-refractivity contribution in [2.75, 3.05) is 5.32 Å². The van der Waals surface area contributed by atoms with Crippen molar-refractivity contribution < 1.29 is 9.53 Å². The van der Waals surface area contributed by atoms with E-state index in [1.807, 2.05) is 18.2 Å². The molecule has 0 radical (unpaired) electrons. The lowest BCUT2D eigenvalue weighted by Gasteiger charge is -2.08. The normalized spacial score (nSPS) is 9.89. The summed E-state index contributed by atoms with van der Waals surface area (Å²) in [6.07, 6.45) is -0.620. The maximum atomic E-state index is 11.6. The van der Waals surface area contributed by atoms with Gasteiger partial charge in [0.2, 0.25) is 0 Å². The summed E-state index contributed by atoms with van der Waals surface area (Å²) in [6, 6.07) is 13.8. The SMILES string of the molecule is O=C(Nc1ccccc1)Oc1cccc(Cl)c1Cl. The summed E-state index contributed by atoms with van der Waals surface area (Å²) in [5.41, 5.74) is 0.639. The van der Waals surface area contributed by atoms with Gasteiger partial charge in [0, 0.05) is 5.69 Å². The Balaban J connectivity index is 2.06. The molecule has 0 bridgehead atoms. The van der Waals surface area contributed by atoms with Gasteiger partial charge in [-0.2, -0.15) is 0 Å². The van der Waals surface area contributed by atoms with Crippen molar-refractivity contribution >= 4 is 35.0 Å². The van der Waals surface area contributed by atoms with Crippen LogP contribution in [-0.4, -0.2) is 6.09 Å². The van der Waals surface area contributed by atoms with E-state index < -0.39 is 6.09 Å². The highest BCUT2D eigenvalue weighted by Gasteiger charge is 2.10. The second kappa shape index (κ2) is 5.76. The molecule has 0 saturated carbocycles. The first-order chi connectivity index (χ1) is 8.66. The fourth-order valence-corrected chi connectivity index (χ4v) is 1.66. The molecule has 0 aliphatic rings. The summed E-state index contributed by atoms with van der Waals surface area (Å²) in [5.74, 6) is 0.220. The van der Waals surface area contributed by atoms with Crippen molar-refractivity contribution in [2.45, 2.75) is 0 Å². The summed E-state index contributed by atoms with van der Waals surface area (Å²) >= 11 is 11.7. The Bertz CT molecular complexity index is 558. The van der Waals surface area contributed by atoms with Gasteiger partial charge >= 0.3 is 6.09 Å². The van der Waals surface area contributed by atoms with Crippen molar-refractivity contribution in [1.29, 1.82) is 0 Å². The minimum atomic E-state index is -0.620. The van der Waals surface area contributed by atoms with E-state index >= 15 is 0 Å². The van der Waals surface area contributed by atoms with Crippen LogP contribution in [0.4, 0.5) is 10.5 Å². The monoisotopic (exact) mass is 281 g/mol. The van der Waals surface area contributed by atoms with Crippen LogP contribution >= 0.6 is 23.2 Å². The van der Waals surface area contributed by atoms with Crippen LogP contribution in [0.5, 0.6) is 5.75 Å². The molecule has 2 rings (SSSR count). The van der Waals surface area contributed by atoms with Gasteiger partial charge in [-0.05, 0) is 24.3 Å². The maximum Gasteiger partial charge on any atom is 0.417 e. The summed E-state index contributed by atoms with van der Waals surface area (Å²) in [6.45, 7) is 0. The number of para-hydroxylation sites is 1. The molecular formula is C13H9Cl2NO2. The Morgan fingerprint density at radius 2 is 1.72 bits per heavy atom. The first kappa shape index (κ1) is 12.7. The number of benzene rings is 2. The molecule has 1 N–H and O–H groups in total. The summed E-state index contributed by atoms with van der Waals surface area (Å²) in [4.78, 5) is 11.6. The van der Waals surface area contributed by atoms with E-state index in [0.29, 0.717) is 10.7 Å². The predicted octanol–water partition coefficient (Wildman–Crippen LogP) is 4.60. The van der Waals surface area contributed by atoms with E-state index in [1.54, 1.807) is 30.3 Å². The van der Waals surface area contributed by atoms with Crippen molar-refractivity contribution in [3.05, 3.63) is 58.6 Å². The highest BCUT2D eigenvalue weighted by atomic mass is 35.5. The third-order valence-corrected chi connectivity index (χ3v) is 2.94. The topological polar surface area (TPSA) is 38.3 Å². The number of rotatable bonds is 2. The molecule has 92 valence electrons. The van der Waals surface area contributed by atoms with Crippen LogP contribution in [0.25, 0.3) is 0 Å². The van der Waals surface area contributed by atoms with Crippen LogP contribution in [0.1, 0.15) is 0 Å². The van der Waals surface area contributed by atoms with Crippen molar-refractivity contribution in [1.82, 2.24) is 0 Å². The number of carbonyl (C=O) groups is 1. The molecule has 1 amide bonds. The standard InChI is InChI=1S/C13H9Cl2NO2/c14-10-7-4-8-11(12(10)15)18-13(17)16-9-5-2-1-3-6-9/h1-8H,(H,16,17). The number of carbonyl (C=O) groups excluding carboxylic acids is 1. The van der Waals surface area contributed by atoms with Crippen molar-refractivity contribution in [3.63, 3.8) is 0 Å².